The van der Waals surface area contributed by atoms with Crippen LogP contribution in [0.15, 0.2) is 48.7 Å². The molecular weight excluding hydrogens is 366 g/mol. The predicted octanol–water partition coefficient (Wildman–Crippen LogP) is 2.67. The number of aromatic nitrogens is 2. The lowest BCUT2D eigenvalue weighted by Gasteiger charge is -2.33. The van der Waals surface area contributed by atoms with E-state index in [4.69, 9.17) is 0 Å². The van der Waals surface area contributed by atoms with E-state index < -0.39 is 0 Å². The molecule has 7 heteroatoms. The van der Waals surface area contributed by atoms with Gasteiger partial charge in [0.25, 0.3) is 11.8 Å². The van der Waals surface area contributed by atoms with Crippen LogP contribution in [0.2, 0.25) is 0 Å². The van der Waals surface area contributed by atoms with Gasteiger partial charge in [-0.2, -0.15) is 0 Å². The molecule has 7 nitrogen and oxygen atoms in total. The first kappa shape index (κ1) is 19.1. The van der Waals surface area contributed by atoms with Crippen LogP contribution in [0.5, 0.6) is 0 Å². The van der Waals surface area contributed by atoms with Gasteiger partial charge in [0.1, 0.15) is 0 Å². The summed E-state index contributed by atoms with van der Waals surface area (Å²) >= 11 is 0. The number of hydrogen-bond donors (Lipinski definition) is 1. The third-order valence-corrected chi connectivity index (χ3v) is 5.45. The number of nitrogens with one attached hydrogen (secondary N) is 1. The molecule has 1 N–H and O–H groups in total. The number of amides is 2. The lowest BCUT2D eigenvalue weighted by Crippen LogP contribution is -2.48. The number of para-hydroxylation sites is 1. The molecule has 1 fully saturated rings. The minimum absolute atomic E-state index is 0.142. The van der Waals surface area contributed by atoms with Crippen LogP contribution in [-0.4, -0.2) is 63.7 Å². The highest BCUT2D eigenvalue weighted by Crippen LogP contribution is 2.19. The van der Waals surface area contributed by atoms with Crippen LogP contribution >= 0.6 is 0 Å². The van der Waals surface area contributed by atoms with Gasteiger partial charge in [-0.25, -0.2) is 4.98 Å². The quantitative estimate of drug-likeness (QED) is 0.742. The number of pyridine rings is 1. The van der Waals surface area contributed by atoms with Gasteiger partial charge in [0.2, 0.25) is 5.82 Å². The van der Waals surface area contributed by atoms with Crippen LogP contribution < -0.4 is 5.32 Å². The van der Waals surface area contributed by atoms with E-state index in [-0.39, 0.29) is 23.3 Å². The summed E-state index contributed by atoms with van der Waals surface area (Å²) in [6, 6.07) is 13.1. The first-order valence-corrected chi connectivity index (χ1v) is 9.94. The normalized spacial score (nSPS) is 14.9. The van der Waals surface area contributed by atoms with Crippen molar-refractivity contribution in [3.8, 4) is 0 Å². The van der Waals surface area contributed by atoms with E-state index in [1.807, 2.05) is 54.3 Å². The molecule has 0 atom stereocenters. The Morgan fingerprint density at radius 2 is 1.76 bits per heavy atom. The molecule has 29 heavy (non-hydrogen) atoms. The Hall–Kier alpha value is -3.19. The summed E-state index contributed by atoms with van der Waals surface area (Å²) in [5.74, 6) is -0.185. The number of nitrogens with zero attached hydrogens (tertiary/aromatic N) is 4. The number of hydrogen-bond acceptors (Lipinski definition) is 4. The largest absolute Gasteiger partial charge is 0.333 e. The Morgan fingerprint density at radius 1 is 1.03 bits per heavy atom. The van der Waals surface area contributed by atoms with Gasteiger partial charge in [0.05, 0.1) is 5.52 Å². The lowest BCUT2D eigenvalue weighted by molar-refractivity contribution is 0.0630. The smallest absolute Gasteiger partial charge is 0.290 e. The predicted molar refractivity (Wildman–Crippen MR) is 112 cm³/mol. The standard InChI is InChI=1S/C22H25N5O2/c1-3-25-12-14-26(15-13-25)22(29)20-24-19(18-10-6-7-11-27(18)20)21(28)23-17-9-5-4-8-16(17)2/h4-11H,3,12-15H2,1-2H3,(H,23,28). The van der Waals surface area contributed by atoms with Crippen molar-refractivity contribution in [3.05, 3.63) is 65.7 Å². The summed E-state index contributed by atoms with van der Waals surface area (Å²) < 4.78 is 1.71. The Labute approximate surface area is 169 Å². The van der Waals surface area contributed by atoms with Gasteiger partial charge in [-0.1, -0.05) is 31.2 Å². The van der Waals surface area contributed by atoms with E-state index in [1.165, 1.54) is 0 Å². The molecule has 0 saturated carbocycles. The second-order valence-corrected chi connectivity index (χ2v) is 7.24. The molecule has 0 unspecified atom stereocenters. The van der Waals surface area contributed by atoms with E-state index in [2.05, 4.69) is 22.1 Å². The highest BCUT2D eigenvalue weighted by Gasteiger charge is 2.27. The third-order valence-electron chi connectivity index (χ3n) is 5.45. The first-order chi connectivity index (χ1) is 14.1. The lowest BCUT2D eigenvalue weighted by atomic mass is 10.2. The topological polar surface area (TPSA) is 69.9 Å². The van der Waals surface area contributed by atoms with Gasteiger partial charge in [0.15, 0.2) is 5.69 Å². The zero-order valence-electron chi connectivity index (χ0n) is 16.8. The molecule has 3 aromatic rings. The van der Waals surface area contributed by atoms with Crippen molar-refractivity contribution >= 4 is 23.0 Å². The number of fused-ring (bicyclic) bond motifs is 1. The zero-order chi connectivity index (χ0) is 20.4. The maximum Gasteiger partial charge on any atom is 0.290 e. The molecule has 0 bridgehead atoms. The summed E-state index contributed by atoms with van der Waals surface area (Å²) in [7, 11) is 0. The summed E-state index contributed by atoms with van der Waals surface area (Å²) in [6.45, 7) is 8.08. The maximum absolute atomic E-state index is 13.1. The highest BCUT2D eigenvalue weighted by atomic mass is 16.2. The van der Waals surface area contributed by atoms with Crippen molar-refractivity contribution in [3.63, 3.8) is 0 Å². The number of likely N-dealkylation sites (N-methyl/N-ethyl adjacent to an activating group) is 1. The number of imidazole rings is 1. The molecule has 0 spiro atoms. The van der Waals surface area contributed by atoms with Crippen LogP contribution in [0.3, 0.4) is 0 Å². The zero-order valence-corrected chi connectivity index (χ0v) is 16.8. The number of rotatable bonds is 4. The number of piperazine rings is 1. The van der Waals surface area contributed by atoms with Crippen LogP contribution in [0.25, 0.3) is 5.52 Å². The van der Waals surface area contributed by atoms with E-state index in [0.717, 1.165) is 30.9 Å². The fourth-order valence-electron chi connectivity index (χ4n) is 3.66. The van der Waals surface area contributed by atoms with Crippen molar-refractivity contribution in [2.75, 3.05) is 38.0 Å². The fourth-order valence-corrected chi connectivity index (χ4v) is 3.66. The number of anilines is 1. The minimum Gasteiger partial charge on any atom is -0.333 e. The second kappa shape index (κ2) is 8.05. The van der Waals surface area contributed by atoms with Gasteiger partial charge in [-0.15, -0.1) is 0 Å². The molecule has 1 saturated heterocycles. The summed E-state index contributed by atoms with van der Waals surface area (Å²) in [6.07, 6.45) is 1.78. The van der Waals surface area contributed by atoms with Crippen LogP contribution in [0.1, 0.15) is 33.6 Å². The summed E-state index contributed by atoms with van der Waals surface area (Å²) in [5.41, 5.74) is 2.58. The van der Waals surface area contributed by atoms with Gasteiger partial charge < -0.3 is 15.1 Å². The highest BCUT2D eigenvalue weighted by molar-refractivity contribution is 6.09. The third kappa shape index (κ3) is 3.73. The van der Waals surface area contributed by atoms with E-state index in [1.54, 1.807) is 10.6 Å². The first-order valence-electron chi connectivity index (χ1n) is 9.94. The molecule has 3 heterocycles. The van der Waals surface area contributed by atoms with Crippen molar-refractivity contribution in [1.29, 1.82) is 0 Å². The molecule has 4 rings (SSSR count). The molecule has 2 amide bonds. The van der Waals surface area contributed by atoms with E-state index in [9.17, 15) is 9.59 Å². The molecule has 1 aliphatic rings. The minimum atomic E-state index is -0.321. The number of carbonyl (C=O) groups excluding carboxylic acids is 2. The SMILES string of the molecule is CCN1CCN(C(=O)c2nc(C(=O)Nc3ccccc3C)c3ccccn23)CC1. The molecular formula is C22H25N5O2. The number of benzene rings is 1. The van der Waals surface area contributed by atoms with Crippen molar-refractivity contribution < 1.29 is 9.59 Å². The summed E-state index contributed by atoms with van der Waals surface area (Å²) in [5, 5.41) is 2.92. The van der Waals surface area contributed by atoms with Gasteiger partial charge in [0, 0.05) is 38.1 Å². The molecule has 1 aliphatic heterocycles. The molecule has 150 valence electrons. The van der Waals surface area contributed by atoms with Crippen molar-refractivity contribution in [2.45, 2.75) is 13.8 Å². The van der Waals surface area contributed by atoms with Crippen LogP contribution in [0.4, 0.5) is 5.69 Å². The molecule has 0 radical (unpaired) electrons. The van der Waals surface area contributed by atoms with Gasteiger partial charge in [-0.05, 0) is 37.2 Å². The van der Waals surface area contributed by atoms with E-state index in [0.29, 0.717) is 18.6 Å². The average Bonchev–Trinajstić information content (AvgIpc) is 3.15. The second-order valence-electron chi connectivity index (χ2n) is 7.24. The average molecular weight is 391 g/mol. The maximum atomic E-state index is 13.1. The number of aryl methyl sites for hydroxylation is 1. The van der Waals surface area contributed by atoms with Gasteiger partial charge >= 0.3 is 0 Å². The monoisotopic (exact) mass is 391 g/mol. The summed E-state index contributed by atoms with van der Waals surface area (Å²) in [4.78, 5) is 34.7. The Balaban J connectivity index is 1.64. The molecule has 2 aromatic heterocycles. The Kier molecular flexibility index (Phi) is 5.31. The fraction of sp³-hybridized carbons (Fsp3) is 0.318. The van der Waals surface area contributed by atoms with Crippen molar-refractivity contribution in [2.24, 2.45) is 0 Å². The van der Waals surface area contributed by atoms with Crippen molar-refractivity contribution in [1.82, 2.24) is 19.2 Å². The van der Waals surface area contributed by atoms with Crippen LogP contribution in [0, 0.1) is 6.92 Å². The Bertz CT molecular complexity index is 1050. The van der Waals surface area contributed by atoms with Gasteiger partial charge in [-0.3, -0.25) is 14.0 Å². The number of carbonyl (C=O) groups is 2. The molecule has 0 aliphatic carbocycles. The van der Waals surface area contributed by atoms with E-state index >= 15 is 0 Å². The van der Waals surface area contributed by atoms with Crippen LogP contribution in [-0.2, 0) is 0 Å². The molecule has 1 aromatic carbocycles. The Morgan fingerprint density at radius 3 is 2.48 bits per heavy atom.